The summed E-state index contributed by atoms with van der Waals surface area (Å²) in [5.74, 6) is 1.32. The van der Waals surface area contributed by atoms with Crippen molar-refractivity contribution in [2.45, 2.75) is 53.4 Å². The van der Waals surface area contributed by atoms with E-state index in [0.29, 0.717) is 17.7 Å². The third-order valence-corrected chi connectivity index (χ3v) is 3.20. The zero-order valence-electron chi connectivity index (χ0n) is 11.0. The second kappa shape index (κ2) is 7.72. The molecule has 2 atom stereocenters. The molecule has 0 aromatic carbocycles. The Kier molecular flexibility index (Phi) is 7.45. The summed E-state index contributed by atoms with van der Waals surface area (Å²) < 4.78 is 0. The van der Waals surface area contributed by atoms with Crippen LogP contribution in [-0.4, -0.2) is 24.4 Å². The molecule has 0 bridgehead atoms. The Balaban J connectivity index is 0.000000921. The maximum Gasteiger partial charge on any atom is 0.225 e. The topological polar surface area (TPSA) is 20.3 Å². The molecule has 0 aromatic rings. The Morgan fingerprint density at radius 3 is 2.40 bits per heavy atom. The largest absolute Gasteiger partial charge is 0.346 e. The lowest BCUT2D eigenvalue weighted by Gasteiger charge is -2.35. The van der Waals surface area contributed by atoms with E-state index in [0.717, 1.165) is 13.0 Å². The number of nitrogens with zero attached hydrogens (tertiary/aromatic N) is 1. The number of piperidine rings is 1. The second-order valence-corrected chi connectivity index (χ2v) is 4.11. The molecule has 0 aliphatic carbocycles. The van der Waals surface area contributed by atoms with Crippen molar-refractivity contribution >= 4 is 5.91 Å². The minimum absolute atomic E-state index is 0.304. The number of amides is 1. The number of rotatable bonds is 3. The molecule has 1 aliphatic rings. The summed E-state index contributed by atoms with van der Waals surface area (Å²) in [6, 6.07) is 0. The summed E-state index contributed by atoms with van der Waals surface area (Å²) in [4.78, 5) is 13.7. The van der Waals surface area contributed by atoms with Crippen LogP contribution in [-0.2, 0) is 4.79 Å². The van der Waals surface area contributed by atoms with E-state index in [2.05, 4.69) is 13.8 Å². The first-order valence-corrected chi connectivity index (χ1v) is 6.45. The summed E-state index contributed by atoms with van der Waals surface area (Å²) in [5.41, 5.74) is 0. The van der Waals surface area contributed by atoms with E-state index in [9.17, 15) is 4.79 Å². The molecule has 0 aromatic heterocycles. The van der Waals surface area contributed by atoms with Gasteiger partial charge in [-0.25, -0.2) is 0 Å². The zero-order valence-corrected chi connectivity index (χ0v) is 11.0. The van der Waals surface area contributed by atoms with Gasteiger partial charge in [0.1, 0.15) is 0 Å². The van der Waals surface area contributed by atoms with Crippen LogP contribution in [0.4, 0.5) is 0 Å². The van der Waals surface area contributed by atoms with Gasteiger partial charge in [-0.05, 0) is 25.2 Å². The van der Waals surface area contributed by atoms with Crippen LogP contribution in [0.3, 0.4) is 0 Å². The Bertz CT molecular complexity index is 179. The predicted molar refractivity (Wildman–Crippen MR) is 65.8 cm³/mol. The van der Waals surface area contributed by atoms with Crippen LogP contribution in [0, 0.1) is 11.8 Å². The predicted octanol–water partition coefficient (Wildman–Crippen LogP) is 3.32. The SMILES string of the molecule is CC.CCCC1CCN(C)C(=O)C1CC. The second-order valence-electron chi connectivity index (χ2n) is 4.11. The van der Waals surface area contributed by atoms with Gasteiger partial charge < -0.3 is 4.90 Å². The molecule has 1 saturated heterocycles. The Labute approximate surface area is 95.0 Å². The van der Waals surface area contributed by atoms with E-state index in [4.69, 9.17) is 0 Å². The molecule has 2 nitrogen and oxygen atoms in total. The first-order chi connectivity index (χ1) is 7.20. The summed E-state index contributed by atoms with van der Waals surface area (Å²) >= 11 is 0. The van der Waals surface area contributed by atoms with Crippen molar-refractivity contribution in [1.29, 1.82) is 0 Å². The Hall–Kier alpha value is -0.530. The van der Waals surface area contributed by atoms with Crippen molar-refractivity contribution in [3.8, 4) is 0 Å². The smallest absolute Gasteiger partial charge is 0.225 e. The standard InChI is InChI=1S/C11H21NO.C2H6/c1-4-6-9-7-8-12(3)11(13)10(9)5-2;1-2/h9-10H,4-8H2,1-3H3;1-2H3. The van der Waals surface area contributed by atoms with E-state index in [1.807, 2.05) is 25.8 Å². The number of hydrogen-bond donors (Lipinski definition) is 0. The lowest BCUT2D eigenvalue weighted by molar-refractivity contribution is -0.139. The van der Waals surface area contributed by atoms with Crippen molar-refractivity contribution in [3.05, 3.63) is 0 Å². The van der Waals surface area contributed by atoms with E-state index in [1.165, 1.54) is 19.3 Å². The van der Waals surface area contributed by atoms with Crippen LogP contribution in [0.5, 0.6) is 0 Å². The van der Waals surface area contributed by atoms with Crippen molar-refractivity contribution in [2.75, 3.05) is 13.6 Å². The number of hydrogen-bond acceptors (Lipinski definition) is 1. The molecular formula is C13H27NO. The number of likely N-dealkylation sites (tertiary alicyclic amines) is 1. The molecule has 1 aliphatic heterocycles. The highest BCUT2D eigenvalue weighted by atomic mass is 16.2. The van der Waals surface area contributed by atoms with Crippen LogP contribution in [0.15, 0.2) is 0 Å². The van der Waals surface area contributed by atoms with E-state index in [-0.39, 0.29) is 0 Å². The summed E-state index contributed by atoms with van der Waals surface area (Å²) in [5, 5.41) is 0. The molecule has 1 rings (SSSR count). The first-order valence-electron chi connectivity index (χ1n) is 6.45. The van der Waals surface area contributed by atoms with E-state index >= 15 is 0 Å². The molecule has 90 valence electrons. The van der Waals surface area contributed by atoms with Gasteiger partial charge in [0.15, 0.2) is 0 Å². The highest BCUT2D eigenvalue weighted by Crippen LogP contribution is 2.29. The Morgan fingerprint density at radius 1 is 1.33 bits per heavy atom. The summed E-state index contributed by atoms with van der Waals surface area (Å²) in [6.45, 7) is 9.29. The fourth-order valence-corrected chi connectivity index (χ4v) is 2.38. The van der Waals surface area contributed by atoms with Crippen molar-refractivity contribution in [2.24, 2.45) is 11.8 Å². The van der Waals surface area contributed by atoms with Crippen LogP contribution < -0.4 is 0 Å². The van der Waals surface area contributed by atoms with Crippen molar-refractivity contribution in [1.82, 2.24) is 4.90 Å². The molecule has 0 N–H and O–H groups in total. The van der Waals surface area contributed by atoms with Crippen molar-refractivity contribution in [3.63, 3.8) is 0 Å². The van der Waals surface area contributed by atoms with Gasteiger partial charge in [-0.2, -0.15) is 0 Å². The minimum atomic E-state index is 0.304. The van der Waals surface area contributed by atoms with Gasteiger partial charge in [0.25, 0.3) is 0 Å². The summed E-state index contributed by atoms with van der Waals surface area (Å²) in [7, 11) is 1.92. The fraction of sp³-hybridized carbons (Fsp3) is 0.923. The normalized spacial score (nSPS) is 25.9. The highest BCUT2D eigenvalue weighted by molar-refractivity contribution is 5.79. The highest BCUT2D eigenvalue weighted by Gasteiger charge is 2.32. The average molecular weight is 213 g/mol. The number of carbonyl (C=O) groups excluding carboxylic acids is 1. The lowest BCUT2D eigenvalue weighted by Crippen LogP contribution is -2.43. The lowest BCUT2D eigenvalue weighted by atomic mass is 9.80. The maximum atomic E-state index is 11.8. The van der Waals surface area contributed by atoms with Crippen LogP contribution in [0.2, 0.25) is 0 Å². The van der Waals surface area contributed by atoms with Gasteiger partial charge in [0.05, 0.1) is 0 Å². The van der Waals surface area contributed by atoms with E-state index < -0.39 is 0 Å². The molecule has 2 heteroatoms. The van der Waals surface area contributed by atoms with Gasteiger partial charge in [-0.3, -0.25) is 4.79 Å². The molecule has 0 spiro atoms. The quantitative estimate of drug-likeness (QED) is 0.704. The zero-order chi connectivity index (χ0) is 11.8. The van der Waals surface area contributed by atoms with Crippen LogP contribution in [0.25, 0.3) is 0 Å². The Morgan fingerprint density at radius 2 is 1.93 bits per heavy atom. The molecular weight excluding hydrogens is 186 g/mol. The van der Waals surface area contributed by atoms with Gasteiger partial charge >= 0.3 is 0 Å². The van der Waals surface area contributed by atoms with Gasteiger partial charge in [-0.15, -0.1) is 0 Å². The van der Waals surface area contributed by atoms with Gasteiger partial charge in [-0.1, -0.05) is 34.1 Å². The van der Waals surface area contributed by atoms with Gasteiger partial charge in [0, 0.05) is 19.5 Å². The average Bonchev–Trinajstić information content (AvgIpc) is 2.27. The molecule has 1 fully saturated rings. The molecule has 15 heavy (non-hydrogen) atoms. The third-order valence-electron chi connectivity index (χ3n) is 3.20. The number of carbonyl (C=O) groups is 1. The minimum Gasteiger partial charge on any atom is -0.346 e. The van der Waals surface area contributed by atoms with Gasteiger partial charge in [0.2, 0.25) is 5.91 Å². The molecule has 2 unspecified atom stereocenters. The molecule has 0 saturated carbocycles. The monoisotopic (exact) mass is 213 g/mol. The van der Waals surface area contributed by atoms with Crippen LogP contribution in [0.1, 0.15) is 53.4 Å². The summed E-state index contributed by atoms with van der Waals surface area (Å²) in [6.07, 6.45) is 4.64. The molecule has 0 radical (unpaired) electrons. The fourth-order valence-electron chi connectivity index (χ4n) is 2.38. The third kappa shape index (κ3) is 3.84. The van der Waals surface area contributed by atoms with Crippen molar-refractivity contribution < 1.29 is 4.79 Å². The van der Waals surface area contributed by atoms with E-state index in [1.54, 1.807) is 0 Å². The maximum absolute atomic E-state index is 11.8. The first kappa shape index (κ1) is 14.5. The van der Waals surface area contributed by atoms with Crippen LogP contribution >= 0.6 is 0 Å². The molecule has 1 heterocycles. The molecule has 1 amide bonds.